The van der Waals surface area contributed by atoms with Crippen molar-refractivity contribution in [3.8, 4) is 5.75 Å². The standard InChI is InChI=1S/C18H18ClN3O3/c1-25-15-8-7-12(19)11-13(15)18(24)22-10-4-5-14(22)17(23)21-16-6-2-3-9-20-16/h2-3,6-9,11,14H,4-5,10H2,1H3,(H,20,21,23). The number of ether oxygens (including phenoxy) is 1. The number of pyridine rings is 1. The summed E-state index contributed by atoms with van der Waals surface area (Å²) in [4.78, 5) is 31.2. The summed E-state index contributed by atoms with van der Waals surface area (Å²) in [6.07, 6.45) is 2.96. The van der Waals surface area contributed by atoms with Gasteiger partial charge in [0, 0.05) is 17.8 Å². The quantitative estimate of drug-likeness (QED) is 0.911. The number of nitrogens with one attached hydrogen (secondary N) is 1. The number of halogens is 1. The van der Waals surface area contributed by atoms with Crippen molar-refractivity contribution in [2.75, 3.05) is 19.0 Å². The van der Waals surface area contributed by atoms with Gasteiger partial charge in [-0.15, -0.1) is 0 Å². The lowest BCUT2D eigenvalue weighted by atomic mass is 10.1. The van der Waals surface area contributed by atoms with Crippen LogP contribution in [0.4, 0.5) is 5.82 Å². The molecule has 1 atom stereocenters. The number of anilines is 1. The summed E-state index contributed by atoms with van der Waals surface area (Å²) in [7, 11) is 1.50. The normalized spacial score (nSPS) is 16.6. The van der Waals surface area contributed by atoms with Crippen molar-refractivity contribution in [3.05, 3.63) is 53.2 Å². The fourth-order valence-electron chi connectivity index (χ4n) is 2.93. The summed E-state index contributed by atoms with van der Waals surface area (Å²) in [5.74, 6) is 0.390. The highest BCUT2D eigenvalue weighted by atomic mass is 35.5. The SMILES string of the molecule is COc1ccc(Cl)cc1C(=O)N1CCCC1C(=O)Nc1ccccn1. The van der Waals surface area contributed by atoms with Gasteiger partial charge in [-0.1, -0.05) is 17.7 Å². The minimum absolute atomic E-state index is 0.245. The highest BCUT2D eigenvalue weighted by Gasteiger charge is 2.35. The molecule has 130 valence electrons. The van der Waals surface area contributed by atoms with E-state index < -0.39 is 6.04 Å². The predicted molar refractivity (Wildman–Crippen MR) is 94.9 cm³/mol. The zero-order valence-corrected chi connectivity index (χ0v) is 14.5. The number of benzene rings is 1. The van der Waals surface area contributed by atoms with Gasteiger partial charge in [-0.05, 0) is 43.2 Å². The molecule has 1 aliphatic rings. The second-order valence-electron chi connectivity index (χ2n) is 5.71. The van der Waals surface area contributed by atoms with Crippen LogP contribution in [0, 0.1) is 0 Å². The van der Waals surface area contributed by atoms with Gasteiger partial charge >= 0.3 is 0 Å². The maximum Gasteiger partial charge on any atom is 0.258 e. The smallest absolute Gasteiger partial charge is 0.258 e. The average Bonchev–Trinajstić information content (AvgIpc) is 3.12. The molecule has 1 N–H and O–H groups in total. The number of hydrogen-bond donors (Lipinski definition) is 1. The zero-order chi connectivity index (χ0) is 17.8. The Bertz CT molecular complexity index is 782. The second-order valence-corrected chi connectivity index (χ2v) is 6.14. The van der Waals surface area contributed by atoms with Gasteiger partial charge in [0.05, 0.1) is 12.7 Å². The topological polar surface area (TPSA) is 71.5 Å². The van der Waals surface area contributed by atoms with Crippen LogP contribution < -0.4 is 10.1 Å². The van der Waals surface area contributed by atoms with E-state index in [1.807, 2.05) is 0 Å². The molecule has 1 aromatic heterocycles. The van der Waals surface area contributed by atoms with E-state index in [2.05, 4.69) is 10.3 Å². The number of hydrogen-bond acceptors (Lipinski definition) is 4. The number of rotatable bonds is 4. The third kappa shape index (κ3) is 3.74. The monoisotopic (exact) mass is 359 g/mol. The molecule has 1 fully saturated rings. The summed E-state index contributed by atoms with van der Waals surface area (Å²) < 4.78 is 5.26. The summed E-state index contributed by atoms with van der Waals surface area (Å²) in [5.41, 5.74) is 0.354. The van der Waals surface area contributed by atoms with E-state index in [0.717, 1.165) is 6.42 Å². The highest BCUT2D eigenvalue weighted by Crippen LogP contribution is 2.28. The minimum Gasteiger partial charge on any atom is -0.496 e. The van der Waals surface area contributed by atoms with E-state index in [1.165, 1.54) is 7.11 Å². The first-order valence-corrected chi connectivity index (χ1v) is 8.34. The van der Waals surface area contributed by atoms with Gasteiger partial charge in [0.1, 0.15) is 17.6 Å². The second kappa shape index (κ2) is 7.53. The molecule has 2 heterocycles. The Balaban J connectivity index is 1.80. The van der Waals surface area contributed by atoms with Gasteiger partial charge in [-0.25, -0.2) is 4.98 Å². The Morgan fingerprint density at radius 3 is 2.88 bits per heavy atom. The molecule has 0 spiro atoms. The minimum atomic E-state index is -0.543. The Hall–Kier alpha value is -2.60. The fraction of sp³-hybridized carbons (Fsp3) is 0.278. The molecule has 1 unspecified atom stereocenters. The molecule has 1 aromatic carbocycles. The molecule has 0 bridgehead atoms. The number of amides is 2. The van der Waals surface area contributed by atoms with Gasteiger partial charge in [0.15, 0.2) is 0 Å². The Labute approximate surface area is 150 Å². The van der Waals surface area contributed by atoms with Crippen LogP contribution >= 0.6 is 11.6 Å². The maximum atomic E-state index is 12.9. The molecular formula is C18H18ClN3O3. The van der Waals surface area contributed by atoms with Crippen LogP contribution in [0.2, 0.25) is 5.02 Å². The largest absolute Gasteiger partial charge is 0.496 e. The van der Waals surface area contributed by atoms with Crippen LogP contribution in [0.15, 0.2) is 42.6 Å². The molecule has 2 amide bonds. The lowest BCUT2D eigenvalue weighted by Gasteiger charge is -2.24. The highest BCUT2D eigenvalue weighted by molar-refractivity contribution is 6.31. The van der Waals surface area contributed by atoms with Crippen molar-refractivity contribution in [2.24, 2.45) is 0 Å². The van der Waals surface area contributed by atoms with Gasteiger partial charge in [0.2, 0.25) is 5.91 Å². The number of likely N-dealkylation sites (tertiary alicyclic amines) is 1. The van der Waals surface area contributed by atoms with Crippen LogP contribution in [0.1, 0.15) is 23.2 Å². The van der Waals surface area contributed by atoms with E-state index in [4.69, 9.17) is 16.3 Å². The molecule has 0 saturated carbocycles. The third-order valence-electron chi connectivity index (χ3n) is 4.12. The summed E-state index contributed by atoms with van der Waals surface area (Å²) in [6, 6.07) is 9.59. The molecule has 0 aliphatic carbocycles. The van der Waals surface area contributed by atoms with Gasteiger partial charge in [-0.3, -0.25) is 9.59 Å². The molecule has 1 saturated heterocycles. The lowest BCUT2D eigenvalue weighted by molar-refractivity contribution is -0.119. The third-order valence-corrected chi connectivity index (χ3v) is 4.36. The summed E-state index contributed by atoms with van der Waals surface area (Å²) in [5, 5.41) is 3.20. The molecular weight excluding hydrogens is 342 g/mol. The fourth-order valence-corrected chi connectivity index (χ4v) is 3.10. The average molecular weight is 360 g/mol. The molecule has 7 heteroatoms. The zero-order valence-electron chi connectivity index (χ0n) is 13.7. The number of methoxy groups -OCH3 is 1. The van der Waals surface area contributed by atoms with Crippen molar-refractivity contribution in [2.45, 2.75) is 18.9 Å². The predicted octanol–water partition coefficient (Wildman–Crippen LogP) is 2.99. The Kier molecular flexibility index (Phi) is 5.19. The molecule has 0 radical (unpaired) electrons. The van der Waals surface area contributed by atoms with Gasteiger partial charge in [-0.2, -0.15) is 0 Å². The first-order chi connectivity index (χ1) is 12.1. The van der Waals surface area contributed by atoms with E-state index in [-0.39, 0.29) is 11.8 Å². The van der Waals surface area contributed by atoms with Crippen molar-refractivity contribution in [3.63, 3.8) is 0 Å². The van der Waals surface area contributed by atoms with Crippen molar-refractivity contribution in [1.29, 1.82) is 0 Å². The van der Waals surface area contributed by atoms with Gasteiger partial charge < -0.3 is 15.0 Å². The van der Waals surface area contributed by atoms with E-state index in [0.29, 0.717) is 35.1 Å². The summed E-state index contributed by atoms with van der Waals surface area (Å²) >= 11 is 6.02. The van der Waals surface area contributed by atoms with Crippen LogP contribution in [-0.4, -0.2) is 41.4 Å². The number of aromatic nitrogens is 1. The number of carbonyl (C=O) groups excluding carboxylic acids is 2. The van der Waals surface area contributed by atoms with E-state index >= 15 is 0 Å². The first-order valence-electron chi connectivity index (χ1n) is 7.96. The maximum absolute atomic E-state index is 12.9. The van der Waals surface area contributed by atoms with Crippen LogP contribution in [0.5, 0.6) is 5.75 Å². The molecule has 3 rings (SSSR count). The van der Waals surface area contributed by atoms with Crippen molar-refractivity contribution >= 4 is 29.2 Å². The van der Waals surface area contributed by atoms with Crippen LogP contribution in [-0.2, 0) is 4.79 Å². The van der Waals surface area contributed by atoms with Gasteiger partial charge in [0.25, 0.3) is 5.91 Å². The van der Waals surface area contributed by atoms with E-state index in [9.17, 15) is 9.59 Å². The molecule has 2 aromatic rings. The number of nitrogens with zero attached hydrogens (tertiary/aromatic N) is 2. The molecule has 25 heavy (non-hydrogen) atoms. The Morgan fingerprint density at radius 2 is 2.16 bits per heavy atom. The molecule has 1 aliphatic heterocycles. The molecule has 6 nitrogen and oxygen atoms in total. The van der Waals surface area contributed by atoms with Crippen molar-refractivity contribution in [1.82, 2.24) is 9.88 Å². The van der Waals surface area contributed by atoms with Crippen LogP contribution in [0.3, 0.4) is 0 Å². The summed E-state index contributed by atoms with van der Waals surface area (Å²) in [6.45, 7) is 0.509. The van der Waals surface area contributed by atoms with E-state index in [1.54, 1.807) is 47.5 Å². The Morgan fingerprint density at radius 1 is 1.32 bits per heavy atom. The lowest BCUT2D eigenvalue weighted by Crippen LogP contribution is -2.43. The van der Waals surface area contributed by atoms with Crippen molar-refractivity contribution < 1.29 is 14.3 Å². The first kappa shape index (κ1) is 17.2. The number of carbonyl (C=O) groups is 2. The van der Waals surface area contributed by atoms with Crippen LogP contribution in [0.25, 0.3) is 0 Å².